The third kappa shape index (κ3) is 3.79. The van der Waals surface area contributed by atoms with Gasteiger partial charge >= 0.3 is 0 Å². The van der Waals surface area contributed by atoms with Crippen LogP contribution in [0.2, 0.25) is 0 Å². The zero-order valence-electron chi connectivity index (χ0n) is 14.3. The van der Waals surface area contributed by atoms with Crippen LogP contribution in [0.4, 0.5) is 0 Å². The van der Waals surface area contributed by atoms with Crippen LogP contribution >= 0.6 is 24.2 Å². The summed E-state index contributed by atoms with van der Waals surface area (Å²) in [7, 11) is -1.61. The molecule has 124 valence electrons. The average molecular weight is 400 g/mol. The van der Waals surface area contributed by atoms with E-state index in [1.165, 1.54) is 22.1 Å². The third-order valence-corrected chi connectivity index (χ3v) is 9.05. The Labute approximate surface area is 157 Å². The Morgan fingerprint density at radius 1 is 0.583 bits per heavy atom. The molecule has 0 aromatic heterocycles. The lowest BCUT2D eigenvalue weighted by Crippen LogP contribution is -2.34. The van der Waals surface area contributed by atoms with Gasteiger partial charge in [-0.15, -0.1) is 17.0 Å². The Balaban J connectivity index is 0.00000208. The fraction of sp³-hybridized carbons (Fsp3) is 0.182. The molecule has 0 N–H and O–H groups in total. The van der Waals surface area contributed by atoms with Crippen LogP contribution in [-0.4, -0.2) is 6.16 Å². The number of hydrogen-bond acceptors (Lipinski definition) is 0. The van der Waals surface area contributed by atoms with Crippen molar-refractivity contribution in [3.63, 3.8) is 0 Å². The molecule has 0 radical (unpaired) electrons. The molecule has 2 heteroatoms. The Hall–Kier alpha value is -1.43. The van der Waals surface area contributed by atoms with Crippen molar-refractivity contribution < 1.29 is 0 Å². The Bertz CT molecular complexity index is 627. The molecule has 0 unspecified atom stereocenters. The van der Waals surface area contributed by atoms with Crippen molar-refractivity contribution in [1.29, 1.82) is 0 Å². The van der Waals surface area contributed by atoms with Gasteiger partial charge in [0, 0.05) is 0 Å². The molecule has 3 aromatic rings. The van der Waals surface area contributed by atoms with Crippen LogP contribution in [0.25, 0.3) is 0 Å². The van der Waals surface area contributed by atoms with Crippen molar-refractivity contribution >= 4 is 40.2 Å². The predicted molar refractivity (Wildman–Crippen MR) is 115 cm³/mol. The van der Waals surface area contributed by atoms with Crippen LogP contribution in [-0.2, 0) is 0 Å². The van der Waals surface area contributed by atoms with Gasteiger partial charge in [-0.25, -0.2) is 0 Å². The fourth-order valence-corrected chi connectivity index (χ4v) is 8.02. The van der Waals surface area contributed by atoms with E-state index in [2.05, 4.69) is 105 Å². The lowest BCUT2D eigenvalue weighted by molar-refractivity contribution is 0.745. The normalized spacial score (nSPS) is 11.1. The van der Waals surface area contributed by atoms with Gasteiger partial charge in [0.25, 0.3) is 0 Å². The highest BCUT2D eigenvalue weighted by Gasteiger charge is 2.45. The molecule has 0 bridgehead atoms. The van der Waals surface area contributed by atoms with Gasteiger partial charge in [-0.1, -0.05) is 68.4 Å². The van der Waals surface area contributed by atoms with Gasteiger partial charge in [-0.05, 0) is 42.3 Å². The summed E-state index contributed by atoms with van der Waals surface area (Å²) in [6.45, 7) is 4.67. The molecule has 0 fully saturated rings. The molecule has 0 saturated heterocycles. The average Bonchev–Trinajstić information content (AvgIpc) is 2.62. The minimum atomic E-state index is -1.61. The first-order valence-corrected chi connectivity index (χ1v) is 10.3. The number of halogens is 1. The number of rotatable bonds is 5. The molecule has 0 atom stereocenters. The number of hydrogen-bond donors (Lipinski definition) is 0. The lowest BCUT2D eigenvalue weighted by Gasteiger charge is -2.29. The summed E-state index contributed by atoms with van der Waals surface area (Å²) in [5, 5.41) is 4.43. The van der Waals surface area contributed by atoms with Crippen molar-refractivity contribution in [2.75, 3.05) is 6.16 Å². The molecule has 0 heterocycles. The van der Waals surface area contributed by atoms with E-state index in [-0.39, 0.29) is 17.0 Å². The Kier molecular flexibility index (Phi) is 6.78. The first kappa shape index (κ1) is 18.9. The Morgan fingerprint density at radius 3 is 1.12 bits per heavy atom. The second kappa shape index (κ2) is 8.60. The van der Waals surface area contributed by atoms with E-state index in [0.29, 0.717) is 5.92 Å². The molecule has 0 saturated carbocycles. The van der Waals surface area contributed by atoms with Crippen LogP contribution in [0, 0.1) is 5.92 Å². The summed E-state index contributed by atoms with van der Waals surface area (Å²) >= 11 is 0. The van der Waals surface area contributed by atoms with E-state index in [0.717, 1.165) is 0 Å². The molecule has 0 aliphatic heterocycles. The van der Waals surface area contributed by atoms with Gasteiger partial charge in [-0.3, -0.25) is 0 Å². The maximum absolute atomic E-state index is 2.34. The smallest absolute Gasteiger partial charge is 0.112 e. The molecule has 24 heavy (non-hydrogen) atoms. The van der Waals surface area contributed by atoms with Gasteiger partial charge in [0.05, 0.1) is 6.16 Å². The van der Waals surface area contributed by atoms with Gasteiger partial charge in [0.1, 0.15) is 23.2 Å². The lowest BCUT2D eigenvalue weighted by atomic mass is 10.3. The Morgan fingerprint density at radius 2 is 0.875 bits per heavy atom. The molecule has 3 rings (SSSR count). The van der Waals surface area contributed by atoms with Gasteiger partial charge < -0.3 is 0 Å². The quantitative estimate of drug-likeness (QED) is 0.516. The van der Waals surface area contributed by atoms with Crippen molar-refractivity contribution in [3.8, 4) is 0 Å². The van der Waals surface area contributed by atoms with Gasteiger partial charge in [-0.2, -0.15) is 0 Å². The van der Waals surface area contributed by atoms with Crippen LogP contribution < -0.4 is 15.9 Å². The predicted octanol–water partition coefficient (Wildman–Crippen LogP) is 5.21. The molecular weight excluding hydrogens is 375 g/mol. The van der Waals surface area contributed by atoms with E-state index in [9.17, 15) is 0 Å². The summed E-state index contributed by atoms with van der Waals surface area (Å²) in [5.74, 6) is 0.643. The zero-order valence-corrected chi connectivity index (χ0v) is 16.9. The molecular formula is C22H25BrP+. The highest BCUT2D eigenvalue weighted by Crippen LogP contribution is 2.56. The molecule has 0 aliphatic rings. The zero-order chi connectivity index (χ0) is 16.1. The molecule has 0 amide bonds. The topological polar surface area (TPSA) is 0 Å². The van der Waals surface area contributed by atoms with Crippen LogP contribution in [0.1, 0.15) is 13.8 Å². The van der Waals surface area contributed by atoms with Crippen LogP contribution in [0.3, 0.4) is 0 Å². The highest BCUT2D eigenvalue weighted by molar-refractivity contribution is 8.93. The van der Waals surface area contributed by atoms with E-state index < -0.39 is 7.26 Å². The summed E-state index contributed by atoms with van der Waals surface area (Å²) in [6, 6.07) is 33.3. The van der Waals surface area contributed by atoms with Gasteiger partial charge in [0.15, 0.2) is 0 Å². The van der Waals surface area contributed by atoms with E-state index >= 15 is 0 Å². The maximum atomic E-state index is 2.34. The van der Waals surface area contributed by atoms with Crippen LogP contribution in [0.5, 0.6) is 0 Å². The monoisotopic (exact) mass is 399 g/mol. The highest BCUT2D eigenvalue weighted by atomic mass is 79.9. The molecule has 0 spiro atoms. The summed E-state index contributed by atoms with van der Waals surface area (Å²) in [4.78, 5) is 0. The SMILES string of the molecule is Br.CC(C)C[P+](c1ccccc1)(c1ccccc1)c1ccccc1. The summed E-state index contributed by atoms with van der Waals surface area (Å²) in [5.41, 5.74) is 0. The maximum Gasteiger partial charge on any atom is 0.112 e. The second-order valence-electron chi connectivity index (χ2n) is 6.39. The van der Waals surface area contributed by atoms with E-state index in [1.807, 2.05) is 0 Å². The first-order chi connectivity index (χ1) is 11.2. The fourth-order valence-electron chi connectivity index (χ4n) is 3.36. The van der Waals surface area contributed by atoms with Crippen molar-refractivity contribution in [3.05, 3.63) is 91.0 Å². The van der Waals surface area contributed by atoms with Crippen molar-refractivity contribution in [2.24, 2.45) is 5.92 Å². The second-order valence-corrected chi connectivity index (χ2v) is 9.93. The molecule has 3 aromatic carbocycles. The number of benzene rings is 3. The van der Waals surface area contributed by atoms with Crippen molar-refractivity contribution in [2.45, 2.75) is 13.8 Å². The van der Waals surface area contributed by atoms with Crippen molar-refractivity contribution in [1.82, 2.24) is 0 Å². The first-order valence-electron chi connectivity index (χ1n) is 8.28. The van der Waals surface area contributed by atoms with Crippen LogP contribution in [0.15, 0.2) is 91.0 Å². The largest absolute Gasteiger partial charge is 0.114 e. The molecule has 0 nitrogen and oxygen atoms in total. The summed E-state index contributed by atoms with van der Waals surface area (Å²) < 4.78 is 0. The standard InChI is InChI=1S/C22H24P.BrH/c1-19(2)18-23(20-12-6-3-7-13-20,21-14-8-4-9-15-21)22-16-10-5-11-17-22;/h3-17,19H,18H2,1-2H3;1H/q+1;. The summed E-state index contributed by atoms with van der Waals surface area (Å²) in [6.07, 6.45) is 1.20. The minimum Gasteiger partial charge on any atom is -0.114 e. The minimum absolute atomic E-state index is 0. The van der Waals surface area contributed by atoms with E-state index in [1.54, 1.807) is 0 Å². The van der Waals surface area contributed by atoms with E-state index in [4.69, 9.17) is 0 Å². The molecule has 0 aliphatic carbocycles. The van der Waals surface area contributed by atoms with Gasteiger partial charge in [0.2, 0.25) is 0 Å². The third-order valence-electron chi connectivity index (χ3n) is 4.23.